The largest absolute Gasteiger partial charge is 0.327 e. The van der Waals surface area contributed by atoms with E-state index in [4.69, 9.17) is 5.73 Å². The minimum absolute atomic E-state index is 0. The molecular weight excluding hydrogens is 170 g/mol. The molecule has 5 atom stereocenters. The first-order chi connectivity index (χ1) is 5.36. The van der Waals surface area contributed by atoms with Crippen LogP contribution >= 0.6 is 12.4 Å². The Morgan fingerprint density at radius 3 is 2.42 bits per heavy atom. The molecule has 2 bridgehead atoms. The van der Waals surface area contributed by atoms with Gasteiger partial charge in [-0.2, -0.15) is 0 Å². The van der Waals surface area contributed by atoms with Crippen LogP contribution in [0.15, 0.2) is 0 Å². The van der Waals surface area contributed by atoms with E-state index in [0.717, 1.165) is 23.7 Å². The molecule has 0 aromatic rings. The van der Waals surface area contributed by atoms with Gasteiger partial charge in [0.25, 0.3) is 0 Å². The van der Waals surface area contributed by atoms with Crippen LogP contribution in [-0.4, -0.2) is 6.04 Å². The molecular formula is C10H18ClN. The molecule has 2 heteroatoms. The normalized spacial score (nSPS) is 55.2. The SMILES string of the molecule is Cl.N[C@@H]1CC[C@H]2[C@H]3CC[C@H](C3)[C@H]21. The first kappa shape index (κ1) is 8.83. The molecule has 3 fully saturated rings. The number of hydrogen-bond acceptors (Lipinski definition) is 1. The fourth-order valence-corrected chi connectivity index (χ4v) is 4.13. The van der Waals surface area contributed by atoms with Crippen molar-refractivity contribution in [1.29, 1.82) is 0 Å². The molecule has 0 saturated heterocycles. The third-order valence-corrected chi connectivity index (χ3v) is 4.49. The van der Waals surface area contributed by atoms with Gasteiger partial charge in [0, 0.05) is 6.04 Å². The van der Waals surface area contributed by atoms with E-state index in [1.807, 2.05) is 0 Å². The molecule has 1 nitrogen and oxygen atoms in total. The van der Waals surface area contributed by atoms with Gasteiger partial charge < -0.3 is 5.73 Å². The van der Waals surface area contributed by atoms with Gasteiger partial charge in [-0.05, 0) is 55.8 Å². The summed E-state index contributed by atoms with van der Waals surface area (Å²) in [5.74, 6) is 4.15. The van der Waals surface area contributed by atoms with Gasteiger partial charge in [-0.25, -0.2) is 0 Å². The van der Waals surface area contributed by atoms with E-state index in [9.17, 15) is 0 Å². The molecule has 2 N–H and O–H groups in total. The molecule has 0 aromatic heterocycles. The zero-order valence-electron chi connectivity index (χ0n) is 7.41. The average molecular weight is 188 g/mol. The second-order valence-electron chi connectivity index (χ2n) is 4.82. The van der Waals surface area contributed by atoms with Gasteiger partial charge in [0.1, 0.15) is 0 Å². The maximum Gasteiger partial charge on any atom is 0.00726 e. The Morgan fingerprint density at radius 1 is 0.917 bits per heavy atom. The molecule has 12 heavy (non-hydrogen) atoms. The van der Waals surface area contributed by atoms with Crippen LogP contribution in [0.5, 0.6) is 0 Å². The van der Waals surface area contributed by atoms with Crippen LogP contribution in [0.3, 0.4) is 0 Å². The molecule has 3 aliphatic rings. The Balaban J connectivity index is 0.000000563. The van der Waals surface area contributed by atoms with E-state index in [1.54, 1.807) is 0 Å². The van der Waals surface area contributed by atoms with Crippen molar-refractivity contribution in [2.24, 2.45) is 29.4 Å². The lowest BCUT2D eigenvalue weighted by Crippen LogP contribution is -2.31. The summed E-state index contributed by atoms with van der Waals surface area (Å²) in [6, 6.07) is 0.579. The Morgan fingerprint density at radius 2 is 1.67 bits per heavy atom. The average Bonchev–Trinajstić information content (AvgIpc) is 2.60. The number of nitrogens with two attached hydrogens (primary N) is 1. The van der Waals surface area contributed by atoms with Crippen molar-refractivity contribution in [1.82, 2.24) is 0 Å². The van der Waals surface area contributed by atoms with Crippen molar-refractivity contribution < 1.29 is 0 Å². The summed E-state index contributed by atoms with van der Waals surface area (Å²) >= 11 is 0. The molecule has 0 amide bonds. The summed E-state index contributed by atoms with van der Waals surface area (Å²) < 4.78 is 0. The summed E-state index contributed by atoms with van der Waals surface area (Å²) in [4.78, 5) is 0. The minimum Gasteiger partial charge on any atom is -0.327 e. The van der Waals surface area contributed by atoms with Crippen LogP contribution < -0.4 is 5.73 Å². The topological polar surface area (TPSA) is 26.0 Å². The first-order valence-electron chi connectivity index (χ1n) is 5.12. The van der Waals surface area contributed by atoms with Crippen molar-refractivity contribution in [3.05, 3.63) is 0 Å². The number of fused-ring (bicyclic) bond motifs is 5. The van der Waals surface area contributed by atoms with Crippen molar-refractivity contribution in [3.8, 4) is 0 Å². The standard InChI is InChI=1S/C10H17N.ClH/c11-9-4-3-8-6-1-2-7(5-6)10(8)9;/h6-10H,1-5,11H2;1H/t6-,7+,8-,9+,10+;/m0./s1. The van der Waals surface area contributed by atoms with Gasteiger partial charge in [-0.3, -0.25) is 0 Å². The highest BCUT2D eigenvalue weighted by Gasteiger charge is 2.52. The summed E-state index contributed by atoms with van der Waals surface area (Å²) in [5.41, 5.74) is 6.11. The summed E-state index contributed by atoms with van der Waals surface area (Å²) in [6.45, 7) is 0. The Kier molecular flexibility index (Phi) is 2.12. The summed E-state index contributed by atoms with van der Waals surface area (Å²) in [6.07, 6.45) is 7.33. The van der Waals surface area contributed by atoms with Crippen LogP contribution in [0.2, 0.25) is 0 Å². The maximum atomic E-state index is 6.11. The van der Waals surface area contributed by atoms with Gasteiger partial charge in [0.05, 0.1) is 0 Å². The van der Waals surface area contributed by atoms with E-state index >= 15 is 0 Å². The van der Waals surface area contributed by atoms with Gasteiger partial charge in [-0.15, -0.1) is 12.4 Å². The third kappa shape index (κ3) is 0.958. The lowest BCUT2D eigenvalue weighted by Gasteiger charge is -2.26. The van der Waals surface area contributed by atoms with E-state index in [0.29, 0.717) is 6.04 Å². The fraction of sp³-hybridized carbons (Fsp3) is 1.00. The second kappa shape index (κ2) is 2.88. The van der Waals surface area contributed by atoms with Gasteiger partial charge in [0.15, 0.2) is 0 Å². The fourth-order valence-electron chi connectivity index (χ4n) is 4.13. The van der Waals surface area contributed by atoms with E-state index < -0.39 is 0 Å². The molecule has 3 rings (SSSR count). The number of halogens is 1. The maximum absolute atomic E-state index is 6.11. The molecule has 0 unspecified atom stereocenters. The van der Waals surface area contributed by atoms with Crippen LogP contribution in [0, 0.1) is 23.7 Å². The predicted molar refractivity (Wildman–Crippen MR) is 52.3 cm³/mol. The van der Waals surface area contributed by atoms with Crippen LogP contribution in [0.25, 0.3) is 0 Å². The Bertz CT molecular complexity index is 183. The zero-order valence-corrected chi connectivity index (χ0v) is 8.22. The van der Waals surface area contributed by atoms with Gasteiger partial charge in [-0.1, -0.05) is 0 Å². The van der Waals surface area contributed by atoms with Crippen LogP contribution in [0.1, 0.15) is 32.1 Å². The van der Waals surface area contributed by atoms with E-state index in [2.05, 4.69) is 0 Å². The molecule has 0 heterocycles. The van der Waals surface area contributed by atoms with Crippen LogP contribution in [-0.2, 0) is 0 Å². The lowest BCUT2D eigenvalue weighted by atomic mass is 9.80. The molecule has 3 saturated carbocycles. The molecule has 70 valence electrons. The smallest absolute Gasteiger partial charge is 0.00726 e. The number of hydrogen-bond donors (Lipinski definition) is 1. The molecule has 0 spiro atoms. The van der Waals surface area contributed by atoms with Crippen molar-refractivity contribution in [2.75, 3.05) is 0 Å². The third-order valence-electron chi connectivity index (χ3n) is 4.49. The highest BCUT2D eigenvalue weighted by molar-refractivity contribution is 5.85. The minimum atomic E-state index is 0. The molecule has 0 aliphatic heterocycles. The highest BCUT2D eigenvalue weighted by atomic mass is 35.5. The Labute approximate surface area is 80.5 Å². The monoisotopic (exact) mass is 187 g/mol. The molecule has 0 aromatic carbocycles. The molecule has 3 aliphatic carbocycles. The van der Waals surface area contributed by atoms with Gasteiger partial charge in [0.2, 0.25) is 0 Å². The Hall–Kier alpha value is 0.250. The van der Waals surface area contributed by atoms with Crippen molar-refractivity contribution >= 4 is 12.4 Å². The summed E-state index contributed by atoms with van der Waals surface area (Å²) in [7, 11) is 0. The second-order valence-corrected chi connectivity index (χ2v) is 4.82. The van der Waals surface area contributed by atoms with Crippen molar-refractivity contribution in [2.45, 2.75) is 38.1 Å². The molecule has 0 radical (unpaired) electrons. The highest BCUT2D eigenvalue weighted by Crippen LogP contribution is 2.58. The predicted octanol–water partition coefficient (Wildman–Crippen LogP) is 2.19. The lowest BCUT2D eigenvalue weighted by molar-refractivity contribution is 0.244. The van der Waals surface area contributed by atoms with Gasteiger partial charge >= 0.3 is 0 Å². The first-order valence-corrected chi connectivity index (χ1v) is 5.12. The van der Waals surface area contributed by atoms with Crippen LogP contribution in [0.4, 0.5) is 0 Å². The zero-order chi connectivity index (χ0) is 7.42. The number of rotatable bonds is 0. The van der Waals surface area contributed by atoms with Crippen molar-refractivity contribution in [3.63, 3.8) is 0 Å². The van der Waals surface area contributed by atoms with E-state index in [1.165, 1.54) is 32.1 Å². The quantitative estimate of drug-likeness (QED) is 0.618. The summed E-state index contributed by atoms with van der Waals surface area (Å²) in [5, 5.41) is 0. The van der Waals surface area contributed by atoms with E-state index in [-0.39, 0.29) is 12.4 Å².